The minimum Gasteiger partial charge on any atom is -0.417 e. The van der Waals surface area contributed by atoms with Crippen LogP contribution in [0.4, 0.5) is 0 Å². The van der Waals surface area contributed by atoms with Crippen molar-refractivity contribution in [2.45, 2.75) is 72.5 Å². The predicted octanol–water partition coefficient (Wildman–Crippen LogP) is 4.41. The van der Waals surface area contributed by atoms with Gasteiger partial charge >= 0.3 is 0 Å². The van der Waals surface area contributed by atoms with Crippen LogP contribution in [0.15, 0.2) is 0 Å². The second-order valence-electron chi connectivity index (χ2n) is 7.59. The Balaban J connectivity index is 4.03. The van der Waals surface area contributed by atoms with E-state index in [9.17, 15) is 4.79 Å². The largest absolute Gasteiger partial charge is 0.417 e. The third-order valence-electron chi connectivity index (χ3n) is 3.60. The van der Waals surface area contributed by atoms with Gasteiger partial charge in [-0.2, -0.15) is 0 Å². The summed E-state index contributed by atoms with van der Waals surface area (Å²) >= 11 is 0. The first kappa shape index (κ1) is 18.4. The van der Waals surface area contributed by atoms with Crippen LogP contribution in [-0.4, -0.2) is 20.7 Å². The van der Waals surface area contributed by atoms with Gasteiger partial charge in [0, 0.05) is 18.4 Å². The summed E-state index contributed by atoms with van der Waals surface area (Å²) in [5, 5.41) is 0.251. The maximum absolute atomic E-state index is 11.6. The zero-order valence-electron chi connectivity index (χ0n) is 13.9. The lowest BCUT2D eigenvalue weighted by molar-refractivity contribution is -0.120. The monoisotopic (exact) mass is 282 g/mol. The highest BCUT2D eigenvalue weighted by atomic mass is 28.4. The van der Waals surface area contributed by atoms with Gasteiger partial charge in [0.2, 0.25) is 5.78 Å². The van der Waals surface area contributed by atoms with Crippen molar-refractivity contribution in [2.75, 3.05) is 6.61 Å². The molecule has 110 valence electrons. The first-order chi connectivity index (χ1) is 8.38. The summed E-state index contributed by atoms with van der Waals surface area (Å²) in [6, 6.07) is 0. The molecule has 0 atom stereocenters. The second-order valence-corrected chi connectivity index (χ2v) is 12.4. The number of Topliss-reactive ketones (excluding diaryl/α,β-unsaturated/α-hetero) is 1. The second kappa shape index (κ2) is 6.72. The summed E-state index contributed by atoms with van der Waals surface area (Å²) < 4.78 is 6.05. The molecule has 0 bridgehead atoms. The molecule has 3 heteroatoms. The van der Waals surface area contributed by atoms with E-state index in [1.54, 1.807) is 0 Å². The maximum atomic E-state index is 11.6. The molecule has 2 nitrogen and oxygen atoms in total. The molecule has 0 saturated heterocycles. The van der Waals surface area contributed by atoms with Gasteiger partial charge in [0.15, 0.2) is 8.32 Å². The van der Waals surface area contributed by atoms with Gasteiger partial charge in [0.05, 0.1) is 0 Å². The van der Waals surface area contributed by atoms with Crippen LogP contribution in [0.25, 0.3) is 0 Å². The fraction of sp³-hybridized carbons (Fsp3) is 0.812. The molecular weight excluding hydrogens is 252 g/mol. The normalized spacial score (nSPS) is 12.8. The summed E-state index contributed by atoms with van der Waals surface area (Å²) in [4.78, 5) is 11.6. The van der Waals surface area contributed by atoms with Gasteiger partial charge < -0.3 is 4.43 Å². The van der Waals surface area contributed by atoms with Gasteiger partial charge in [-0.1, -0.05) is 47.5 Å². The van der Waals surface area contributed by atoms with Gasteiger partial charge in [0.1, 0.15) is 0 Å². The lowest BCUT2D eigenvalue weighted by Crippen LogP contribution is -2.40. The molecule has 0 rings (SSSR count). The first-order valence-corrected chi connectivity index (χ1v) is 9.96. The molecule has 0 heterocycles. The molecule has 0 fully saturated rings. The number of hydrogen-bond acceptors (Lipinski definition) is 2. The van der Waals surface area contributed by atoms with Gasteiger partial charge in [0.25, 0.3) is 0 Å². The van der Waals surface area contributed by atoms with Crippen molar-refractivity contribution in [1.29, 1.82) is 0 Å². The van der Waals surface area contributed by atoms with E-state index < -0.39 is 8.32 Å². The molecule has 0 aromatic rings. The molecule has 0 spiro atoms. The molecule has 0 aromatic carbocycles. The molecule has 0 saturated carbocycles. The molecule has 0 N–H and O–H groups in total. The van der Waals surface area contributed by atoms with E-state index in [2.05, 4.69) is 45.7 Å². The predicted molar refractivity (Wildman–Crippen MR) is 84.6 cm³/mol. The van der Waals surface area contributed by atoms with Crippen LogP contribution in [0, 0.1) is 17.3 Å². The summed E-state index contributed by atoms with van der Waals surface area (Å²) in [5.41, 5.74) is -0.357. The van der Waals surface area contributed by atoms with Crippen LogP contribution < -0.4 is 0 Å². The minimum absolute atomic E-state index is 0.0119. The molecule has 19 heavy (non-hydrogen) atoms. The Hall–Kier alpha value is -0.593. The third kappa shape index (κ3) is 6.94. The third-order valence-corrected chi connectivity index (χ3v) is 8.14. The quantitative estimate of drug-likeness (QED) is 0.330. The SMILES string of the molecule is CC(C)(C)C(=O)C#CCCCO[Si](C)(C)C(C)(C)C. The van der Waals surface area contributed by atoms with Crippen LogP contribution >= 0.6 is 0 Å². The highest BCUT2D eigenvalue weighted by Crippen LogP contribution is 2.36. The van der Waals surface area contributed by atoms with E-state index in [4.69, 9.17) is 4.43 Å². The van der Waals surface area contributed by atoms with Gasteiger partial charge in [-0.05, 0) is 30.5 Å². The smallest absolute Gasteiger partial charge is 0.210 e. The van der Waals surface area contributed by atoms with E-state index in [1.165, 1.54) is 0 Å². The Labute approximate surface area is 120 Å². The lowest BCUT2D eigenvalue weighted by Gasteiger charge is -2.36. The molecule has 0 aliphatic carbocycles. The zero-order chi connectivity index (χ0) is 15.3. The topological polar surface area (TPSA) is 26.3 Å². The van der Waals surface area contributed by atoms with Crippen molar-refractivity contribution in [2.24, 2.45) is 5.41 Å². The molecule has 0 amide bonds. The van der Waals surface area contributed by atoms with Crippen molar-refractivity contribution in [1.82, 2.24) is 0 Å². The fourth-order valence-electron chi connectivity index (χ4n) is 1.03. The van der Waals surface area contributed by atoms with Crippen LogP contribution in [-0.2, 0) is 9.22 Å². The van der Waals surface area contributed by atoms with Crippen LogP contribution in [0.5, 0.6) is 0 Å². The Bertz CT molecular complexity index is 359. The van der Waals surface area contributed by atoms with Crippen molar-refractivity contribution >= 4 is 14.1 Å². The first-order valence-electron chi connectivity index (χ1n) is 7.05. The van der Waals surface area contributed by atoms with Crippen molar-refractivity contribution in [3.05, 3.63) is 0 Å². The van der Waals surface area contributed by atoms with Crippen LogP contribution in [0.1, 0.15) is 54.4 Å². The summed E-state index contributed by atoms with van der Waals surface area (Å²) in [7, 11) is -1.63. The molecule has 0 aromatic heterocycles. The van der Waals surface area contributed by atoms with E-state index in [1.807, 2.05) is 20.8 Å². The molecule has 0 aliphatic rings. The minimum atomic E-state index is -1.63. The fourth-order valence-corrected chi connectivity index (χ4v) is 2.12. The highest BCUT2D eigenvalue weighted by molar-refractivity contribution is 6.74. The summed E-state index contributed by atoms with van der Waals surface area (Å²) in [6.45, 7) is 17.6. The van der Waals surface area contributed by atoms with Crippen molar-refractivity contribution in [3.8, 4) is 11.8 Å². The molecule has 0 radical (unpaired) electrons. The number of carbonyl (C=O) groups is 1. The average molecular weight is 282 g/mol. The Morgan fingerprint density at radius 1 is 1.11 bits per heavy atom. The van der Waals surface area contributed by atoms with E-state index in [0.717, 1.165) is 19.4 Å². The Morgan fingerprint density at radius 2 is 1.63 bits per heavy atom. The van der Waals surface area contributed by atoms with Crippen LogP contribution in [0.2, 0.25) is 18.1 Å². The highest BCUT2D eigenvalue weighted by Gasteiger charge is 2.36. The van der Waals surface area contributed by atoms with Gasteiger partial charge in [-0.25, -0.2) is 0 Å². The van der Waals surface area contributed by atoms with E-state index >= 15 is 0 Å². The number of hydrogen-bond donors (Lipinski definition) is 0. The number of unbranched alkanes of at least 4 members (excludes halogenated alkanes) is 1. The van der Waals surface area contributed by atoms with Crippen molar-refractivity contribution in [3.63, 3.8) is 0 Å². The van der Waals surface area contributed by atoms with E-state index in [-0.39, 0.29) is 16.2 Å². The van der Waals surface area contributed by atoms with Gasteiger partial charge in [-0.3, -0.25) is 4.79 Å². The van der Waals surface area contributed by atoms with Crippen molar-refractivity contribution < 1.29 is 9.22 Å². The van der Waals surface area contributed by atoms with Gasteiger partial charge in [-0.15, -0.1) is 0 Å². The average Bonchev–Trinajstić information content (AvgIpc) is 2.19. The molecular formula is C16H30O2Si. The molecule has 0 aliphatic heterocycles. The number of rotatable bonds is 4. The lowest BCUT2D eigenvalue weighted by atomic mass is 9.91. The Morgan fingerprint density at radius 3 is 2.05 bits per heavy atom. The number of carbonyl (C=O) groups excluding carboxylic acids is 1. The van der Waals surface area contributed by atoms with Crippen LogP contribution in [0.3, 0.4) is 0 Å². The summed E-state index contributed by atoms with van der Waals surface area (Å²) in [5.74, 6) is 5.68. The van der Waals surface area contributed by atoms with E-state index in [0.29, 0.717) is 0 Å². The molecule has 0 unspecified atom stereocenters. The summed E-state index contributed by atoms with van der Waals surface area (Å²) in [6.07, 6.45) is 1.63. The maximum Gasteiger partial charge on any atom is 0.210 e. The Kier molecular flexibility index (Phi) is 6.51. The standard InChI is InChI=1S/C16H30O2Si/c1-15(2,3)14(17)12-10-9-11-13-18-19(7,8)16(4,5)6/h9,11,13H2,1-8H3. The number of ketones is 1. The zero-order valence-corrected chi connectivity index (χ0v) is 14.9.